The molecule has 1 aromatic heterocycles. The Balaban J connectivity index is 1.84. The maximum absolute atomic E-state index is 11.5. The number of nitrogens with zero attached hydrogens (tertiary/aromatic N) is 2. The van der Waals surface area contributed by atoms with Gasteiger partial charge in [-0.05, 0) is 25.7 Å². The van der Waals surface area contributed by atoms with Crippen LogP contribution >= 0.6 is 0 Å². The fraction of sp³-hybridized carbons (Fsp3) is 0.600. The predicted molar refractivity (Wildman–Crippen MR) is 57.1 cm³/mol. The van der Waals surface area contributed by atoms with E-state index < -0.39 is 0 Å². The highest BCUT2D eigenvalue weighted by Gasteiger charge is 2.21. The van der Waals surface area contributed by atoms with Crippen molar-refractivity contribution in [2.24, 2.45) is 5.92 Å². The molecule has 5 nitrogen and oxygen atoms in total. The van der Waals surface area contributed by atoms with E-state index >= 15 is 0 Å². The normalized spacial score (nSPS) is 15.3. The van der Waals surface area contributed by atoms with Crippen molar-refractivity contribution in [2.75, 3.05) is 12.3 Å². The molecule has 1 aliphatic carbocycles. The number of nitrogens with two attached hydrogens (primary N) is 1. The van der Waals surface area contributed by atoms with Gasteiger partial charge in [0.05, 0.1) is 0 Å². The third kappa shape index (κ3) is 2.71. The van der Waals surface area contributed by atoms with Crippen molar-refractivity contribution >= 4 is 11.7 Å². The van der Waals surface area contributed by atoms with E-state index in [9.17, 15) is 4.79 Å². The molecule has 0 unspecified atom stereocenters. The fourth-order valence-electron chi connectivity index (χ4n) is 1.47. The number of aromatic nitrogens is 2. The van der Waals surface area contributed by atoms with Crippen LogP contribution in [0.2, 0.25) is 0 Å². The summed E-state index contributed by atoms with van der Waals surface area (Å²) >= 11 is 0. The molecular formula is C10H16N4O. The number of hydrogen-bond acceptors (Lipinski definition) is 3. The van der Waals surface area contributed by atoms with Gasteiger partial charge < -0.3 is 11.1 Å². The number of aryl methyl sites for hydroxylation is 1. The third-order valence-corrected chi connectivity index (χ3v) is 2.58. The highest BCUT2D eigenvalue weighted by atomic mass is 16.2. The molecule has 1 saturated carbocycles. The first-order chi connectivity index (χ1) is 7.15. The number of hydrogen-bond donors (Lipinski definition) is 2. The van der Waals surface area contributed by atoms with E-state index in [4.69, 9.17) is 5.73 Å². The van der Waals surface area contributed by atoms with Gasteiger partial charge in [0, 0.05) is 18.3 Å². The van der Waals surface area contributed by atoms with Crippen molar-refractivity contribution in [3.8, 4) is 0 Å². The predicted octanol–water partition coefficient (Wildman–Crippen LogP) is 0.300. The molecule has 0 bridgehead atoms. The first-order valence-corrected chi connectivity index (χ1v) is 5.22. The zero-order valence-electron chi connectivity index (χ0n) is 8.86. The van der Waals surface area contributed by atoms with Crippen LogP contribution < -0.4 is 11.1 Å². The Labute approximate surface area is 88.6 Å². The molecule has 0 radical (unpaired) electrons. The second-order valence-electron chi connectivity index (χ2n) is 4.12. The van der Waals surface area contributed by atoms with Gasteiger partial charge in [0.15, 0.2) is 0 Å². The lowest BCUT2D eigenvalue weighted by Gasteiger charge is -2.05. The number of anilines is 1. The molecule has 82 valence electrons. The molecule has 1 fully saturated rings. The summed E-state index contributed by atoms with van der Waals surface area (Å²) in [6.07, 6.45) is 2.49. The Bertz CT molecular complexity index is 367. The first kappa shape index (κ1) is 10.0. The third-order valence-electron chi connectivity index (χ3n) is 2.58. The van der Waals surface area contributed by atoms with Crippen LogP contribution in [0.4, 0.5) is 5.82 Å². The Morgan fingerprint density at radius 2 is 2.47 bits per heavy atom. The smallest absolute Gasteiger partial charge is 0.241 e. The van der Waals surface area contributed by atoms with Crippen LogP contribution in [0.3, 0.4) is 0 Å². The van der Waals surface area contributed by atoms with E-state index in [0.717, 1.165) is 12.2 Å². The van der Waals surface area contributed by atoms with E-state index in [1.807, 2.05) is 6.92 Å². The van der Waals surface area contributed by atoms with Gasteiger partial charge in [0.2, 0.25) is 5.91 Å². The van der Waals surface area contributed by atoms with Gasteiger partial charge in [0.1, 0.15) is 12.4 Å². The number of carbonyl (C=O) groups is 1. The average molecular weight is 208 g/mol. The van der Waals surface area contributed by atoms with Gasteiger partial charge in [-0.1, -0.05) is 0 Å². The Kier molecular flexibility index (Phi) is 2.62. The van der Waals surface area contributed by atoms with Crippen LogP contribution in [0.15, 0.2) is 6.07 Å². The topological polar surface area (TPSA) is 72.9 Å². The molecule has 15 heavy (non-hydrogen) atoms. The summed E-state index contributed by atoms with van der Waals surface area (Å²) in [7, 11) is 0. The van der Waals surface area contributed by atoms with Crippen molar-refractivity contribution in [3.63, 3.8) is 0 Å². The molecule has 0 aromatic carbocycles. The van der Waals surface area contributed by atoms with Crippen LogP contribution in [0.5, 0.6) is 0 Å². The molecule has 1 aliphatic rings. The summed E-state index contributed by atoms with van der Waals surface area (Å²) in [5, 5.41) is 6.92. The van der Waals surface area contributed by atoms with E-state index in [-0.39, 0.29) is 12.5 Å². The molecule has 5 heteroatoms. The van der Waals surface area contributed by atoms with Crippen molar-refractivity contribution in [3.05, 3.63) is 11.8 Å². The highest BCUT2D eigenvalue weighted by molar-refractivity contribution is 5.75. The second-order valence-corrected chi connectivity index (χ2v) is 4.12. The van der Waals surface area contributed by atoms with Crippen molar-refractivity contribution in [1.29, 1.82) is 0 Å². The lowest BCUT2D eigenvalue weighted by Crippen LogP contribution is -2.30. The van der Waals surface area contributed by atoms with Gasteiger partial charge in [-0.15, -0.1) is 0 Å². The average Bonchev–Trinajstić information content (AvgIpc) is 2.92. The molecule has 1 amide bonds. The van der Waals surface area contributed by atoms with Crippen LogP contribution in [0.1, 0.15) is 18.5 Å². The summed E-state index contributed by atoms with van der Waals surface area (Å²) in [6.45, 7) is 2.95. The van der Waals surface area contributed by atoms with Gasteiger partial charge in [-0.25, -0.2) is 0 Å². The number of rotatable bonds is 4. The van der Waals surface area contributed by atoms with E-state index in [1.165, 1.54) is 12.8 Å². The number of carbonyl (C=O) groups excluding carboxylic acids is 1. The van der Waals surface area contributed by atoms with E-state index in [2.05, 4.69) is 10.4 Å². The molecule has 1 heterocycles. The Hall–Kier alpha value is -1.52. The molecule has 3 N–H and O–H groups in total. The molecular weight excluding hydrogens is 192 g/mol. The SMILES string of the molecule is Cc1cc(N)nn1CC(=O)NCC1CC1. The summed E-state index contributed by atoms with van der Waals surface area (Å²) in [6, 6.07) is 1.76. The quantitative estimate of drug-likeness (QED) is 0.747. The zero-order chi connectivity index (χ0) is 10.8. The minimum absolute atomic E-state index is 0.00750. The fourth-order valence-corrected chi connectivity index (χ4v) is 1.47. The number of amides is 1. The van der Waals surface area contributed by atoms with Gasteiger partial charge in [-0.3, -0.25) is 9.48 Å². The Morgan fingerprint density at radius 1 is 1.73 bits per heavy atom. The molecule has 0 aliphatic heterocycles. The highest BCUT2D eigenvalue weighted by Crippen LogP contribution is 2.27. The summed E-state index contributed by atoms with van der Waals surface area (Å²) in [5.74, 6) is 1.17. The van der Waals surface area contributed by atoms with Crippen LogP contribution in [0.25, 0.3) is 0 Å². The number of nitrogen functional groups attached to an aromatic ring is 1. The maximum atomic E-state index is 11.5. The van der Waals surface area contributed by atoms with Gasteiger partial charge in [0.25, 0.3) is 0 Å². The lowest BCUT2D eigenvalue weighted by atomic mass is 10.4. The van der Waals surface area contributed by atoms with Gasteiger partial charge in [-0.2, -0.15) is 5.10 Å². The van der Waals surface area contributed by atoms with Crippen LogP contribution in [-0.4, -0.2) is 22.2 Å². The largest absolute Gasteiger partial charge is 0.382 e. The minimum atomic E-state index is 0.00750. The first-order valence-electron chi connectivity index (χ1n) is 5.22. The van der Waals surface area contributed by atoms with Crippen molar-refractivity contribution in [1.82, 2.24) is 15.1 Å². The monoisotopic (exact) mass is 208 g/mol. The van der Waals surface area contributed by atoms with Crippen molar-refractivity contribution in [2.45, 2.75) is 26.3 Å². The number of nitrogens with one attached hydrogen (secondary N) is 1. The zero-order valence-corrected chi connectivity index (χ0v) is 8.86. The maximum Gasteiger partial charge on any atom is 0.241 e. The van der Waals surface area contributed by atoms with Gasteiger partial charge >= 0.3 is 0 Å². The Morgan fingerprint density at radius 3 is 3.00 bits per heavy atom. The van der Waals surface area contributed by atoms with E-state index in [0.29, 0.717) is 11.7 Å². The summed E-state index contributed by atoms with van der Waals surface area (Å²) < 4.78 is 1.62. The summed E-state index contributed by atoms with van der Waals surface area (Å²) in [4.78, 5) is 11.5. The molecule has 1 aromatic rings. The lowest BCUT2D eigenvalue weighted by molar-refractivity contribution is -0.121. The summed E-state index contributed by atoms with van der Waals surface area (Å²) in [5.41, 5.74) is 6.43. The standard InChI is InChI=1S/C10H16N4O/c1-7-4-9(11)13-14(7)6-10(15)12-5-8-2-3-8/h4,8H,2-3,5-6H2,1H3,(H2,11,13)(H,12,15). The van der Waals surface area contributed by atoms with Crippen LogP contribution in [0, 0.1) is 12.8 Å². The molecule has 0 saturated heterocycles. The molecule has 2 rings (SSSR count). The molecule has 0 spiro atoms. The van der Waals surface area contributed by atoms with E-state index in [1.54, 1.807) is 10.7 Å². The van der Waals surface area contributed by atoms with Crippen LogP contribution in [-0.2, 0) is 11.3 Å². The molecule has 0 atom stereocenters. The second kappa shape index (κ2) is 3.92. The van der Waals surface area contributed by atoms with Crippen molar-refractivity contribution < 1.29 is 4.79 Å². The minimum Gasteiger partial charge on any atom is -0.382 e.